The van der Waals surface area contributed by atoms with E-state index in [0.717, 1.165) is 0 Å². The normalized spacial score (nSPS) is 9.00. The average Bonchev–Trinajstić information content (AvgIpc) is 1.90. The molecule has 1 rings (SSSR count). The average molecular weight is 103 g/mol. The first kappa shape index (κ1) is 5.42. The van der Waals surface area contributed by atoms with Crippen LogP contribution in [-0.2, 0) is 0 Å². The molecule has 1 aromatic carbocycles. The van der Waals surface area contributed by atoms with Crippen LogP contribution in [0.5, 0.6) is 0 Å². The summed E-state index contributed by atoms with van der Waals surface area (Å²) >= 11 is 0. The summed E-state index contributed by atoms with van der Waals surface area (Å²) in [5.41, 5.74) is 1.28. The van der Waals surface area contributed by atoms with Crippen LogP contribution in [0.4, 0.5) is 0 Å². The Balaban J connectivity index is 2.83. The molecule has 0 atom stereocenters. The topological polar surface area (TPSA) is 0 Å². The molecule has 0 spiro atoms. The molecule has 0 aliphatic rings. The van der Waals surface area contributed by atoms with E-state index in [4.69, 9.17) is 0 Å². The van der Waals surface area contributed by atoms with Gasteiger partial charge in [-0.05, 0) is 6.32 Å². The molecule has 0 unspecified atom stereocenters. The van der Waals surface area contributed by atoms with Gasteiger partial charge < -0.3 is 0 Å². The van der Waals surface area contributed by atoms with Crippen LogP contribution in [0.2, 0.25) is 0 Å². The Morgan fingerprint density at radius 1 is 1.12 bits per heavy atom. The molecule has 39 valence electrons. The van der Waals surface area contributed by atoms with E-state index in [9.17, 15) is 0 Å². The Kier molecular flexibility index (Phi) is 1.73. The van der Waals surface area contributed by atoms with Crippen molar-refractivity contribution in [3.05, 3.63) is 42.2 Å². The van der Waals surface area contributed by atoms with Gasteiger partial charge in [0.15, 0.2) is 0 Å². The Morgan fingerprint density at radius 3 is 2.12 bits per heavy atom. The lowest BCUT2D eigenvalue weighted by molar-refractivity contribution is 1.59. The minimum atomic E-state index is 1.28. The van der Waals surface area contributed by atoms with Crippen molar-refractivity contribution in [1.82, 2.24) is 0 Å². The molecule has 0 aromatic heterocycles. The fourth-order valence-electron chi connectivity index (χ4n) is 0.645. The van der Waals surface area contributed by atoms with E-state index in [1.54, 1.807) is 0 Å². The van der Waals surface area contributed by atoms with Gasteiger partial charge in [-0.2, -0.15) is 0 Å². The van der Waals surface area contributed by atoms with Gasteiger partial charge in [0, 0.05) is 0 Å². The predicted octanol–water partition coefficient (Wildman–Crippen LogP) is 0.830. The van der Waals surface area contributed by atoms with Crippen molar-refractivity contribution in [2.24, 2.45) is 0 Å². The molecular weight excluding hydrogens is 94.9 g/mol. The monoisotopic (exact) mass is 103 g/mol. The van der Waals surface area contributed by atoms with Crippen LogP contribution in [0.25, 0.3) is 0 Å². The quantitative estimate of drug-likeness (QED) is 0.461. The molecule has 0 amide bonds. The third-order valence-corrected chi connectivity index (χ3v) is 1.13. The highest BCUT2D eigenvalue weighted by molar-refractivity contribution is 6.16. The second-order valence-corrected chi connectivity index (χ2v) is 1.70. The van der Waals surface area contributed by atoms with Crippen LogP contribution in [0.3, 0.4) is 0 Å². The molecule has 1 radical (unpaired) electrons. The molecule has 0 heterocycles. The number of benzene rings is 1. The fourth-order valence-corrected chi connectivity index (χ4v) is 0.645. The molecule has 0 saturated heterocycles. The number of rotatable bonds is 1. The molecule has 0 aliphatic carbocycles. The summed E-state index contributed by atoms with van der Waals surface area (Å²) in [7, 11) is 2.04. The summed E-state index contributed by atoms with van der Waals surface area (Å²) in [6.45, 7) is 0. The van der Waals surface area contributed by atoms with Crippen molar-refractivity contribution in [3.8, 4) is 0 Å². The number of hydrogen-bond acceptors (Lipinski definition) is 0. The van der Waals surface area contributed by atoms with E-state index in [-0.39, 0.29) is 0 Å². The smallest absolute Gasteiger partial charge is 0.0622 e. The summed E-state index contributed by atoms with van der Waals surface area (Å²) in [6.07, 6.45) is 2.08. The summed E-state index contributed by atoms with van der Waals surface area (Å²) in [6, 6.07) is 10.3. The van der Waals surface area contributed by atoms with Crippen molar-refractivity contribution >= 4 is 7.85 Å². The summed E-state index contributed by atoms with van der Waals surface area (Å²) in [5, 5.41) is 0. The number of hydrogen-bond donors (Lipinski definition) is 0. The molecule has 0 N–H and O–H groups in total. The van der Waals surface area contributed by atoms with E-state index in [2.05, 4.69) is 18.5 Å². The molecule has 0 bridgehead atoms. The minimum Gasteiger partial charge on any atom is -0.0622 e. The van der Waals surface area contributed by atoms with E-state index >= 15 is 0 Å². The highest BCUT2D eigenvalue weighted by atomic mass is 13.8. The first-order chi connectivity index (χ1) is 3.93. The molecule has 1 aromatic rings. The van der Waals surface area contributed by atoms with Gasteiger partial charge in [0.1, 0.15) is 7.85 Å². The zero-order valence-corrected chi connectivity index (χ0v) is 4.96. The Morgan fingerprint density at radius 2 is 1.75 bits per heavy atom. The molecule has 1 heteroatoms. The van der Waals surface area contributed by atoms with E-state index in [1.165, 1.54) is 5.56 Å². The standard InChI is InChI=1S/C7H8B/c8-6-7-4-2-1-3-5-7/h1-6H,8H2. The lowest BCUT2D eigenvalue weighted by Gasteiger charge is -1.89. The van der Waals surface area contributed by atoms with Gasteiger partial charge in [0.25, 0.3) is 0 Å². The van der Waals surface area contributed by atoms with Gasteiger partial charge in [-0.15, -0.1) is 0 Å². The fraction of sp³-hybridized carbons (Fsp3) is 0. The van der Waals surface area contributed by atoms with Crippen LogP contribution in [-0.4, -0.2) is 7.85 Å². The van der Waals surface area contributed by atoms with Crippen LogP contribution >= 0.6 is 0 Å². The molecule has 0 aliphatic heterocycles. The van der Waals surface area contributed by atoms with E-state index in [0.29, 0.717) is 0 Å². The first-order valence-corrected chi connectivity index (χ1v) is 2.78. The van der Waals surface area contributed by atoms with Crippen molar-refractivity contribution in [1.29, 1.82) is 0 Å². The van der Waals surface area contributed by atoms with Crippen molar-refractivity contribution in [2.45, 2.75) is 0 Å². The molecule has 0 nitrogen and oxygen atoms in total. The van der Waals surface area contributed by atoms with Gasteiger partial charge in [-0.1, -0.05) is 35.9 Å². The second kappa shape index (κ2) is 2.56. The maximum Gasteiger partial charge on any atom is 0.110 e. The summed E-state index contributed by atoms with van der Waals surface area (Å²) in [4.78, 5) is 0. The van der Waals surface area contributed by atoms with Crippen molar-refractivity contribution in [2.75, 3.05) is 0 Å². The zero-order chi connectivity index (χ0) is 5.82. The molecule has 0 fully saturated rings. The van der Waals surface area contributed by atoms with Crippen molar-refractivity contribution < 1.29 is 0 Å². The first-order valence-electron chi connectivity index (χ1n) is 2.78. The van der Waals surface area contributed by atoms with Gasteiger partial charge in [0.2, 0.25) is 0 Å². The Hall–Kier alpha value is -0.715. The molecular formula is C7H8B. The lowest BCUT2D eigenvalue weighted by Crippen LogP contribution is -1.75. The van der Waals surface area contributed by atoms with Crippen LogP contribution < -0.4 is 0 Å². The van der Waals surface area contributed by atoms with Gasteiger partial charge >= 0.3 is 0 Å². The Labute approximate surface area is 50.9 Å². The predicted molar refractivity (Wildman–Crippen MR) is 38.4 cm³/mol. The van der Waals surface area contributed by atoms with E-state index < -0.39 is 0 Å². The summed E-state index contributed by atoms with van der Waals surface area (Å²) < 4.78 is 0. The van der Waals surface area contributed by atoms with E-state index in [1.807, 2.05) is 26.0 Å². The van der Waals surface area contributed by atoms with Gasteiger partial charge in [0.05, 0.1) is 0 Å². The van der Waals surface area contributed by atoms with Crippen LogP contribution in [0.15, 0.2) is 30.3 Å². The highest BCUT2D eigenvalue weighted by Crippen LogP contribution is 1.96. The maximum absolute atomic E-state index is 2.08. The summed E-state index contributed by atoms with van der Waals surface area (Å²) in [5.74, 6) is 0. The Bertz CT molecular complexity index is 146. The highest BCUT2D eigenvalue weighted by Gasteiger charge is 1.80. The van der Waals surface area contributed by atoms with Crippen LogP contribution in [0.1, 0.15) is 5.56 Å². The molecule has 0 saturated carbocycles. The molecule has 8 heavy (non-hydrogen) atoms. The van der Waals surface area contributed by atoms with Crippen LogP contribution in [0, 0.1) is 6.32 Å². The SMILES string of the molecule is B[CH]c1ccccc1. The largest absolute Gasteiger partial charge is 0.110 e. The van der Waals surface area contributed by atoms with Gasteiger partial charge in [-0.3, -0.25) is 0 Å². The zero-order valence-electron chi connectivity index (χ0n) is 4.96. The maximum atomic E-state index is 2.08. The lowest BCUT2D eigenvalue weighted by atomic mass is 9.97. The van der Waals surface area contributed by atoms with Crippen molar-refractivity contribution in [3.63, 3.8) is 0 Å². The minimum absolute atomic E-state index is 1.28. The van der Waals surface area contributed by atoms with Gasteiger partial charge in [-0.25, -0.2) is 0 Å². The third-order valence-electron chi connectivity index (χ3n) is 1.13. The third kappa shape index (κ3) is 1.13. The second-order valence-electron chi connectivity index (χ2n) is 1.70.